The van der Waals surface area contributed by atoms with Crippen molar-refractivity contribution in [1.29, 1.82) is 0 Å². The summed E-state index contributed by atoms with van der Waals surface area (Å²) in [5.41, 5.74) is 9.99. The van der Waals surface area contributed by atoms with Crippen LogP contribution in [0.3, 0.4) is 0 Å². The Morgan fingerprint density at radius 2 is 1.25 bits per heavy atom. The summed E-state index contributed by atoms with van der Waals surface area (Å²) in [4.78, 5) is 0. The highest BCUT2D eigenvalue weighted by atomic mass is 35.5. The molecule has 0 saturated heterocycles. The number of hydrogen-bond donors (Lipinski definition) is 2. The molecule has 0 aromatic carbocycles. The van der Waals surface area contributed by atoms with Crippen molar-refractivity contribution in [2.75, 3.05) is 13.1 Å². The Kier molecular flexibility index (Phi) is 10.4. The molecular formula is C4H14Cl2N2. The van der Waals surface area contributed by atoms with E-state index < -0.39 is 12.7 Å². The largest absolute Gasteiger partial charge is 0.330 e. The van der Waals surface area contributed by atoms with Gasteiger partial charge in [0.05, 0.1) is 0 Å². The Hall–Kier alpha value is 0.500. The molecule has 0 unspecified atom stereocenters. The van der Waals surface area contributed by atoms with Gasteiger partial charge >= 0.3 is 0 Å². The molecule has 0 bridgehead atoms. The zero-order valence-electron chi connectivity index (χ0n) is 8.39. The van der Waals surface area contributed by atoms with E-state index in [1.807, 2.05) is 0 Å². The monoisotopic (exact) mass is 164 g/mol. The molecule has 4 heteroatoms. The fraction of sp³-hybridized carbons (Fsp3) is 1.00. The van der Waals surface area contributed by atoms with E-state index in [2.05, 4.69) is 0 Å². The van der Waals surface area contributed by atoms with Crippen LogP contribution in [0.5, 0.6) is 0 Å². The molecule has 0 spiro atoms. The van der Waals surface area contributed by atoms with Gasteiger partial charge in [0.15, 0.2) is 0 Å². The first-order valence-corrected chi connectivity index (χ1v) is 1.77. The summed E-state index contributed by atoms with van der Waals surface area (Å²) in [6.45, 7) is -0.700. The summed E-state index contributed by atoms with van der Waals surface area (Å²) in [5.74, 6) is 0. The standard InChI is InChI=1S/C4H12N2.2ClH/c5-3-1-2-4-6;;/h1-6H2;2*1H/i1D2,2D2;;. The lowest BCUT2D eigenvalue weighted by molar-refractivity contribution is 0.755. The van der Waals surface area contributed by atoms with Gasteiger partial charge in [-0.15, -0.1) is 24.8 Å². The molecule has 0 aliphatic heterocycles. The van der Waals surface area contributed by atoms with Gasteiger partial charge in [0.2, 0.25) is 0 Å². The lowest BCUT2D eigenvalue weighted by Gasteiger charge is -1.87. The molecule has 0 heterocycles. The van der Waals surface area contributed by atoms with Crippen LogP contribution in [0.25, 0.3) is 0 Å². The Bertz CT molecular complexity index is 108. The van der Waals surface area contributed by atoms with Crippen molar-refractivity contribution in [1.82, 2.24) is 0 Å². The summed E-state index contributed by atoms with van der Waals surface area (Å²) < 4.78 is 28.3. The number of halogens is 2. The summed E-state index contributed by atoms with van der Waals surface area (Å²) in [6.07, 6.45) is -4.05. The molecule has 0 saturated carbocycles. The van der Waals surface area contributed by atoms with Crippen LogP contribution in [0.4, 0.5) is 0 Å². The molecule has 0 radical (unpaired) electrons. The minimum Gasteiger partial charge on any atom is -0.330 e. The number of nitrogens with two attached hydrogens (primary N) is 2. The quantitative estimate of drug-likeness (QED) is 0.640. The second-order valence-corrected chi connectivity index (χ2v) is 0.762. The second kappa shape index (κ2) is 15.6. The van der Waals surface area contributed by atoms with Crippen LogP contribution < -0.4 is 11.5 Å². The van der Waals surface area contributed by atoms with E-state index in [1.54, 1.807) is 0 Å². The first-order valence-electron chi connectivity index (χ1n) is 3.77. The Morgan fingerprint density at radius 1 is 1.00 bits per heavy atom. The first-order chi connectivity index (χ1) is 4.37. The van der Waals surface area contributed by atoms with E-state index in [4.69, 9.17) is 17.0 Å². The first kappa shape index (κ1) is 5.30. The van der Waals surface area contributed by atoms with Crippen LogP contribution in [0, 0.1) is 0 Å². The minimum absolute atomic E-state index is 0. The summed E-state index contributed by atoms with van der Waals surface area (Å²) >= 11 is 0. The molecular weight excluding hydrogens is 147 g/mol. The maximum Gasteiger partial charge on any atom is 0.0280 e. The van der Waals surface area contributed by atoms with Crippen LogP contribution in [-0.4, -0.2) is 13.1 Å². The predicted octanol–water partition coefficient (Wildman–Crippen LogP) is 0.528. The fourth-order valence-electron chi connectivity index (χ4n) is 0.144. The Morgan fingerprint density at radius 3 is 1.38 bits per heavy atom. The van der Waals surface area contributed by atoms with Gasteiger partial charge in [0, 0.05) is 5.48 Å². The highest BCUT2D eigenvalue weighted by Crippen LogP contribution is 1.77. The van der Waals surface area contributed by atoms with Crippen molar-refractivity contribution < 1.29 is 5.48 Å². The maximum atomic E-state index is 7.06. The average Bonchev–Trinajstić information content (AvgIpc) is 1.88. The molecule has 2 nitrogen and oxygen atoms in total. The minimum atomic E-state index is -2.03. The Labute approximate surface area is 68.4 Å². The molecule has 0 aromatic heterocycles. The van der Waals surface area contributed by atoms with Gasteiger partial charge in [-0.1, -0.05) is 0 Å². The van der Waals surface area contributed by atoms with Crippen molar-refractivity contribution in [2.24, 2.45) is 11.5 Å². The predicted molar refractivity (Wildman–Crippen MR) is 41.8 cm³/mol. The summed E-state index contributed by atoms with van der Waals surface area (Å²) in [5, 5.41) is 0. The second-order valence-electron chi connectivity index (χ2n) is 0.762. The summed E-state index contributed by atoms with van der Waals surface area (Å²) in [7, 11) is 0. The van der Waals surface area contributed by atoms with Crippen LogP contribution in [-0.2, 0) is 0 Å². The van der Waals surface area contributed by atoms with E-state index in [1.165, 1.54) is 0 Å². The fourth-order valence-corrected chi connectivity index (χ4v) is 0.144. The molecule has 0 fully saturated rings. The lowest BCUT2D eigenvalue weighted by Crippen LogP contribution is -2.03. The molecule has 4 N–H and O–H groups in total. The van der Waals surface area contributed by atoms with Crippen LogP contribution in [0.2, 0.25) is 0 Å². The van der Waals surface area contributed by atoms with Crippen molar-refractivity contribution in [3.05, 3.63) is 0 Å². The highest BCUT2D eigenvalue weighted by molar-refractivity contribution is 5.85. The Balaban J connectivity index is -0.000000405. The highest BCUT2D eigenvalue weighted by Gasteiger charge is 1.75. The maximum absolute atomic E-state index is 7.06. The third-order valence-electron chi connectivity index (χ3n) is 0.329. The van der Waals surface area contributed by atoms with Crippen molar-refractivity contribution in [2.45, 2.75) is 12.7 Å². The zero-order chi connectivity index (χ0) is 8.41. The molecule has 0 aliphatic rings. The van der Waals surface area contributed by atoms with Gasteiger partial charge in [-0.05, 0) is 25.8 Å². The third kappa shape index (κ3) is 16.1. The third-order valence-corrected chi connectivity index (χ3v) is 0.329. The normalized spacial score (nSPS) is 17.8. The number of rotatable bonds is 3. The molecule has 0 aromatic rings. The van der Waals surface area contributed by atoms with Crippen molar-refractivity contribution in [3.63, 3.8) is 0 Å². The average molecular weight is 165 g/mol. The van der Waals surface area contributed by atoms with Gasteiger partial charge in [-0.3, -0.25) is 0 Å². The van der Waals surface area contributed by atoms with E-state index in [0.717, 1.165) is 0 Å². The van der Waals surface area contributed by atoms with Crippen molar-refractivity contribution >= 4 is 24.8 Å². The van der Waals surface area contributed by atoms with E-state index in [-0.39, 0.29) is 37.9 Å². The molecule has 8 heavy (non-hydrogen) atoms. The molecule has 0 amide bonds. The van der Waals surface area contributed by atoms with Gasteiger partial charge < -0.3 is 11.5 Å². The van der Waals surface area contributed by atoms with Crippen LogP contribution >= 0.6 is 24.8 Å². The molecule has 0 atom stereocenters. The smallest absolute Gasteiger partial charge is 0.0280 e. The van der Waals surface area contributed by atoms with E-state index in [9.17, 15) is 0 Å². The number of hydrogen-bond acceptors (Lipinski definition) is 2. The van der Waals surface area contributed by atoms with Gasteiger partial charge in [-0.2, -0.15) is 0 Å². The SMILES string of the molecule is Cl.Cl.[2H]C([2H])(CN)C([2H])([2H])CN. The van der Waals surface area contributed by atoms with E-state index in [0.29, 0.717) is 0 Å². The summed E-state index contributed by atoms with van der Waals surface area (Å²) in [6, 6.07) is 0. The van der Waals surface area contributed by atoms with Gasteiger partial charge in [0.25, 0.3) is 0 Å². The van der Waals surface area contributed by atoms with Gasteiger partial charge in [-0.25, -0.2) is 0 Å². The van der Waals surface area contributed by atoms with E-state index >= 15 is 0 Å². The van der Waals surface area contributed by atoms with Crippen LogP contribution in [0.15, 0.2) is 0 Å². The van der Waals surface area contributed by atoms with Gasteiger partial charge in [0.1, 0.15) is 0 Å². The van der Waals surface area contributed by atoms with Crippen LogP contribution in [0.1, 0.15) is 18.2 Å². The van der Waals surface area contributed by atoms with Crippen molar-refractivity contribution in [3.8, 4) is 0 Å². The zero-order valence-corrected chi connectivity index (χ0v) is 6.02. The lowest BCUT2D eigenvalue weighted by atomic mass is 10.3. The molecule has 54 valence electrons. The topological polar surface area (TPSA) is 52.0 Å². The molecule has 0 rings (SSSR count). The molecule has 0 aliphatic carbocycles.